The Kier molecular flexibility index (Phi) is 6.73. The molecule has 0 spiro atoms. The Hall–Kier alpha value is -2.88. The lowest BCUT2D eigenvalue weighted by Gasteiger charge is -2.15. The third-order valence-corrected chi connectivity index (χ3v) is 4.26. The number of carbonyl (C=O) groups excluding carboxylic acids is 2. The van der Waals surface area contributed by atoms with Gasteiger partial charge in [0.15, 0.2) is 0 Å². The van der Waals surface area contributed by atoms with Crippen LogP contribution in [-0.4, -0.2) is 30.8 Å². The topological polar surface area (TPSA) is 49.4 Å². The first-order chi connectivity index (χ1) is 12.4. The fourth-order valence-electron chi connectivity index (χ4n) is 2.54. The van der Waals surface area contributed by atoms with Crippen LogP contribution in [0.2, 0.25) is 0 Å². The fourth-order valence-corrected chi connectivity index (χ4v) is 2.54. The molecule has 0 saturated heterocycles. The number of carbonyl (C=O) groups is 2. The Bertz CT molecular complexity index is 775. The molecule has 2 aromatic carbocycles. The summed E-state index contributed by atoms with van der Waals surface area (Å²) in [5, 5.41) is 2.59. The number of nitrogens with one attached hydrogen (secondary N) is 1. The van der Waals surface area contributed by atoms with Crippen molar-refractivity contribution in [2.45, 2.75) is 26.3 Å². The summed E-state index contributed by atoms with van der Waals surface area (Å²) in [5.41, 5.74) is 3.87. The predicted molar refractivity (Wildman–Crippen MR) is 106 cm³/mol. The summed E-state index contributed by atoms with van der Waals surface area (Å²) < 4.78 is 0. The maximum Gasteiger partial charge on any atom is 0.251 e. The molecule has 0 aliphatic rings. The Labute approximate surface area is 155 Å². The number of hydrogen-bond acceptors (Lipinski definition) is 2. The molecular formula is C22H26N2O2. The average molecular weight is 350 g/mol. The van der Waals surface area contributed by atoms with Crippen LogP contribution in [0, 0.1) is 0 Å². The Morgan fingerprint density at radius 3 is 2.19 bits per heavy atom. The van der Waals surface area contributed by atoms with Crippen LogP contribution in [-0.2, 0) is 11.3 Å². The number of likely N-dealkylation sites (N-methyl/N-ethyl adjacent to an activating group) is 1. The van der Waals surface area contributed by atoms with E-state index < -0.39 is 0 Å². The number of benzene rings is 2. The quantitative estimate of drug-likeness (QED) is 0.805. The lowest BCUT2D eigenvalue weighted by Crippen LogP contribution is -2.24. The number of hydrogen-bond donors (Lipinski definition) is 1. The smallest absolute Gasteiger partial charge is 0.251 e. The van der Waals surface area contributed by atoms with E-state index in [0.717, 1.165) is 11.1 Å². The van der Waals surface area contributed by atoms with E-state index in [1.54, 1.807) is 37.2 Å². The zero-order valence-electron chi connectivity index (χ0n) is 15.8. The van der Waals surface area contributed by atoms with Gasteiger partial charge in [-0.15, -0.1) is 0 Å². The van der Waals surface area contributed by atoms with Crippen LogP contribution in [0.3, 0.4) is 0 Å². The monoisotopic (exact) mass is 350 g/mol. The summed E-state index contributed by atoms with van der Waals surface area (Å²) in [6.45, 7) is 4.80. The van der Waals surface area contributed by atoms with Gasteiger partial charge in [-0.1, -0.05) is 50.2 Å². The van der Waals surface area contributed by atoms with Gasteiger partial charge >= 0.3 is 0 Å². The standard InChI is InChI=1S/C22H26N2O2/c1-16(2)19-10-5-17(6-11-19)9-14-21(25)24(4)15-18-7-12-20(13-8-18)22(26)23-3/h5-14,16H,15H2,1-4H3,(H,23,26)/b14-9+. The van der Waals surface area contributed by atoms with Crippen molar-refractivity contribution >= 4 is 17.9 Å². The summed E-state index contributed by atoms with van der Waals surface area (Å²) >= 11 is 0. The maximum atomic E-state index is 12.3. The van der Waals surface area contributed by atoms with Gasteiger partial charge in [0, 0.05) is 32.3 Å². The molecule has 0 atom stereocenters. The Morgan fingerprint density at radius 2 is 1.65 bits per heavy atom. The van der Waals surface area contributed by atoms with E-state index in [1.165, 1.54) is 5.56 Å². The molecule has 0 aliphatic carbocycles. The van der Waals surface area contributed by atoms with Gasteiger partial charge in [-0.25, -0.2) is 0 Å². The molecule has 0 fully saturated rings. The Balaban J connectivity index is 1.95. The van der Waals surface area contributed by atoms with Crippen molar-refractivity contribution in [3.63, 3.8) is 0 Å². The van der Waals surface area contributed by atoms with Crippen molar-refractivity contribution in [3.8, 4) is 0 Å². The molecule has 0 aromatic heterocycles. The maximum absolute atomic E-state index is 12.3. The van der Waals surface area contributed by atoms with Crippen LogP contribution in [0.25, 0.3) is 6.08 Å². The molecule has 0 bridgehead atoms. The zero-order valence-corrected chi connectivity index (χ0v) is 15.8. The molecule has 0 heterocycles. The number of nitrogens with zero attached hydrogens (tertiary/aromatic N) is 1. The van der Waals surface area contributed by atoms with Crippen LogP contribution >= 0.6 is 0 Å². The summed E-state index contributed by atoms with van der Waals surface area (Å²) in [4.78, 5) is 25.5. The molecular weight excluding hydrogens is 324 g/mol. The second-order valence-electron chi connectivity index (χ2n) is 6.63. The first-order valence-corrected chi connectivity index (χ1v) is 8.75. The molecule has 0 saturated carbocycles. The molecule has 0 aliphatic heterocycles. The molecule has 2 amide bonds. The van der Waals surface area contributed by atoms with Gasteiger partial charge in [0.05, 0.1) is 0 Å². The SMILES string of the molecule is CNC(=O)c1ccc(CN(C)C(=O)/C=C/c2ccc(C(C)C)cc2)cc1. The van der Waals surface area contributed by atoms with Gasteiger partial charge < -0.3 is 10.2 Å². The summed E-state index contributed by atoms with van der Waals surface area (Å²) in [5.74, 6) is 0.316. The molecule has 0 radical (unpaired) electrons. The summed E-state index contributed by atoms with van der Waals surface area (Å²) in [6.07, 6.45) is 3.42. The van der Waals surface area contributed by atoms with E-state index in [9.17, 15) is 9.59 Å². The molecule has 1 N–H and O–H groups in total. The first-order valence-electron chi connectivity index (χ1n) is 8.75. The second kappa shape index (κ2) is 8.99. The van der Waals surface area contributed by atoms with E-state index >= 15 is 0 Å². The van der Waals surface area contributed by atoms with Crippen LogP contribution in [0.1, 0.15) is 46.8 Å². The van der Waals surface area contributed by atoms with Crippen LogP contribution in [0.15, 0.2) is 54.6 Å². The van der Waals surface area contributed by atoms with Crippen molar-refractivity contribution in [3.05, 3.63) is 76.9 Å². The second-order valence-corrected chi connectivity index (χ2v) is 6.63. The van der Waals surface area contributed by atoms with Gasteiger partial charge in [-0.2, -0.15) is 0 Å². The van der Waals surface area contributed by atoms with Gasteiger partial charge in [-0.3, -0.25) is 9.59 Å². The van der Waals surface area contributed by atoms with Crippen molar-refractivity contribution < 1.29 is 9.59 Å². The largest absolute Gasteiger partial charge is 0.355 e. The molecule has 136 valence electrons. The van der Waals surface area contributed by atoms with E-state index in [-0.39, 0.29) is 11.8 Å². The first kappa shape index (κ1) is 19.4. The molecule has 26 heavy (non-hydrogen) atoms. The number of amides is 2. The van der Waals surface area contributed by atoms with Crippen LogP contribution in [0.4, 0.5) is 0 Å². The van der Waals surface area contributed by atoms with Crippen LogP contribution < -0.4 is 5.32 Å². The van der Waals surface area contributed by atoms with Crippen molar-refractivity contribution in [1.82, 2.24) is 10.2 Å². The predicted octanol–water partition coefficient (Wildman–Crippen LogP) is 3.84. The lowest BCUT2D eigenvalue weighted by atomic mass is 10.0. The normalized spacial score (nSPS) is 11.0. The van der Waals surface area contributed by atoms with E-state index in [1.807, 2.05) is 30.3 Å². The minimum atomic E-state index is -0.118. The third-order valence-electron chi connectivity index (χ3n) is 4.26. The molecule has 4 heteroatoms. The lowest BCUT2D eigenvalue weighted by molar-refractivity contribution is -0.125. The summed E-state index contributed by atoms with van der Waals surface area (Å²) in [7, 11) is 3.37. The molecule has 2 aromatic rings. The van der Waals surface area contributed by atoms with Gasteiger partial charge in [0.2, 0.25) is 5.91 Å². The van der Waals surface area contributed by atoms with Crippen molar-refractivity contribution in [1.29, 1.82) is 0 Å². The third kappa shape index (κ3) is 5.31. The van der Waals surface area contributed by atoms with Gasteiger partial charge in [-0.05, 0) is 40.8 Å². The number of rotatable bonds is 6. The highest BCUT2D eigenvalue weighted by Gasteiger charge is 2.07. The minimum Gasteiger partial charge on any atom is -0.355 e. The van der Waals surface area contributed by atoms with Crippen molar-refractivity contribution in [2.24, 2.45) is 0 Å². The minimum absolute atomic E-state index is 0.0617. The van der Waals surface area contributed by atoms with Crippen molar-refractivity contribution in [2.75, 3.05) is 14.1 Å². The van der Waals surface area contributed by atoms with Crippen LogP contribution in [0.5, 0.6) is 0 Å². The highest BCUT2D eigenvalue weighted by atomic mass is 16.2. The molecule has 0 unspecified atom stereocenters. The van der Waals surface area contributed by atoms with E-state index in [0.29, 0.717) is 18.0 Å². The summed E-state index contributed by atoms with van der Waals surface area (Å²) in [6, 6.07) is 15.5. The fraction of sp³-hybridized carbons (Fsp3) is 0.273. The average Bonchev–Trinajstić information content (AvgIpc) is 2.66. The molecule has 2 rings (SSSR count). The Morgan fingerprint density at radius 1 is 1.04 bits per heavy atom. The zero-order chi connectivity index (χ0) is 19.1. The van der Waals surface area contributed by atoms with E-state index in [4.69, 9.17) is 0 Å². The van der Waals surface area contributed by atoms with E-state index in [2.05, 4.69) is 31.3 Å². The van der Waals surface area contributed by atoms with Gasteiger partial charge in [0.25, 0.3) is 5.91 Å². The molecule has 4 nitrogen and oxygen atoms in total. The highest BCUT2D eigenvalue weighted by molar-refractivity contribution is 5.94. The van der Waals surface area contributed by atoms with Gasteiger partial charge in [0.1, 0.15) is 0 Å². The highest BCUT2D eigenvalue weighted by Crippen LogP contribution is 2.15.